The van der Waals surface area contributed by atoms with E-state index in [1.807, 2.05) is 0 Å². The molecule has 1 saturated carbocycles. The molecule has 1 N–H and O–H groups in total. The van der Waals surface area contributed by atoms with Crippen molar-refractivity contribution in [1.29, 1.82) is 0 Å². The fourth-order valence-corrected chi connectivity index (χ4v) is 1.38. The van der Waals surface area contributed by atoms with Gasteiger partial charge in [0.15, 0.2) is 0 Å². The van der Waals surface area contributed by atoms with Crippen LogP contribution in [0.25, 0.3) is 0 Å². The summed E-state index contributed by atoms with van der Waals surface area (Å²) < 4.78 is 5.19. The van der Waals surface area contributed by atoms with Gasteiger partial charge in [0, 0.05) is 6.42 Å². The highest BCUT2D eigenvalue weighted by molar-refractivity contribution is 4.91. The molecule has 0 aromatic carbocycles. The molecule has 0 aromatic heterocycles. The number of fused-ring (bicyclic) bond motifs is 1. The zero-order chi connectivity index (χ0) is 5.56. The van der Waals surface area contributed by atoms with Gasteiger partial charge in [0.1, 0.15) is 0 Å². The van der Waals surface area contributed by atoms with E-state index in [-0.39, 0.29) is 6.10 Å². The monoisotopic (exact) mass is 114 g/mol. The van der Waals surface area contributed by atoms with E-state index in [0.717, 1.165) is 19.3 Å². The number of hydrogen-bond donors (Lipinski definition) is 1. The van der Waals surface area contributed by atoms with E-state index in [0.29, 0.717) is 12.2 Å². The van der Waals surface area contributed by atoms with Crippen molar-refractivity contribution in [2.45, 2.75) is 37.6 Å². The lowest BCUT2D eigenvalue weighted by Gasteiger charge is -2.10. The maximum atomic E-state index is 9.03. The highest BCUT2D eigenvalue weighted by Gasteiger charge is 2.43. The van der Waals surface area contributed by atoms with Crippen LogP contribution >= 0.6 is 0 Å². The van der Waals surface area contributed by atoms with Crippen LogP contribution in [0.2, 0.25) is 0 Å². The summed E-state index contributed by atoms with van der Waals surface area (Å²) in [6, 6.07) is 0. The first kappa shape index (κ1) is 4.77. The van der Waals surface area contributed by atoms with Gasteiger partial charge in [-0.2, -0.15) is 0 Å². The van der Waals surface area contributed by atoms with Crippen LogP contribution in [-0.4, -0.2) is 23.4 Å². The van der Waals surface area contributed by atoms with E-state index >= 15 is 0 Å². The van der Waals surface area contributed by atoms with Gasteiger partial charge in [-0.15, -0.1) is 0 Å². The fraction of sp³-hybridized carbons (Fsp3) is 1.00. The zero-order valence-corrected chi connectivity index (χ0v) is 4.71. The van der Waals surface area contributed by atoms with Gasteiger partial charge in [0.05, 0.1) is 18.3 Å². The van der Waals surface area contributed by atoms with Gasteiger partial charge in [-0.1, -0.05) is 0 Å². The molecule has 0 radical (unpaired) electrons. The van der Waals surface area contributed by atoms with E-state index in [1.54, 1.807) is 0 Å². The third-order valence-corrected chi connectivity index (χ3v) is 1.98. The SMILES string of the molecule is O[C@H]1CC[C@H]2O[C@H]2C1. The second-order valence-electron chi connectivity index (χ2n) is 2.68. The number of aliphatic hydroxyl groups is 1. The molecule has 2 fully saturated rings. The minimum atomic E-state index is -0.0706. The smallest absolute Gasteiger partial charge is 0.0866 e. The number of ether oxygens (including phenoxy) is 1. The molecular formula is C6H10O2. The van der Waals surface area contributed by atoms with E-state index < -0.39 is 0 Å². The van der Waals surface area contributed by atoms with Crippen molar-refractivity contribution in [3.05, 3.63) is 0 Å². The molecule has 3 atom stereocenters. The number of epoxide rings is 1. The molecule has 2 aliphatic rings. The lowest BCUT2D eigenvalue weighted by Crippen LogP contribution is -2.17. The van der Waals surface area contributed by atoms with Gasteiger partial charge < -0.3 is 9.84 Å². The Hall–Kier alpha value is -0.0800. The van der Waals surface area contributed by atoms with Gasteiger partial charge in [0.25, 0.3) is 0 Å². The summed E-state index contributed by atoms with van der Waals surface area (Å²) >= 11 is 0. The largest absolute Gasteiger partial charge is 0.393 e. The predicted octanol–water partition coefficient (Wildman–Crippen LogP) is 0.299. The normalized spacial score (nSPS) is 52.9. The molecule has 0 unspecified atom stereocenters. The Morgan fingerprint density at radius 2 is 2.12 bits per heavy atom. The molecule has 2 rings (SSSR count). The second kappa shape index (κ2) is 1.45. The van der Waals surface area contributed by atoms with Crippen molar-refractivity contribution in [3.63, 3.8) is 0 Å². The lowest BCUT2D eigenvalue weighted by molar-refractivity contribution is 0.139. The van der Waals surface area contributed by atoms with Gasteiger partial charge in [-0.05, 0) is 12.8 Å². The first-order chi connectivity index (χ1) is 3.86. The van der Waals surface area contributed by atoms with E-state index in [2.05, 4.69) is 0 Å². The standard InChI is InChI=1S/C6H10O2/c7-4-1-2-5-6(3-4)8-5/h4-7H,1-3H2/t4-,5+,6-/m0/s1. The Labute approximate surface area is 48.5 Å². The molecule has 8 heavy (non-hydrogen) atoms. The summed E-state index contributed by atoms with van der Waals surface area (Å²) in [5.74, 6) is 0. The molecule has 2 nitrogen and oxygen atoms in total. The third-order valence-electron chi connectivity index (χ3n) is 1.98. The summed E-state index contributed by atoms with van der Waals surface area (Å²) in [6.07, 6.45) is 3.79. The Kier molecular flexibility index (Phi) is 0.866. The highest BCUT2D eigenvalue weighted by atomic mass is 16.6. The van der Waals surface area contributed by atoms with Crippen LogP contribution in [0.3, 0.4) is 0 Å². The maximum absolute atomic E-state index is 9.03. The van der Waals surface area contributed by atoms with Crippen molar-refractivity contribution in [2.24, 2.45) is 0 Å². The summed E-state index contributed by atoms with van der Waals surface area (Å²) in [6.45, 7) is 0. The minimum Gasteiger partial charge on any atom is -0.393 e. The summed E-state index contributed by atoms with van der Waals surface area (Å²) in [5.41, 5.74) is 0. The van der Waals surface area contributed by atoms with Crippen LogP contribution in [0, 0.1) is 0 Å². The zero-order valence-electron chi connectivity index (χ0n) is 4.71. The van der Waals surface area contributed by atoms with E-state index in [1.165, 1.54) is 0 Å². The first-order valence-corrected chi connectivity index (χ1v) is 3.20. The van der Waals surface area contributed by atoms with Gasteiger partial charge >= 0.3 is 0 Å². The Morgan fingerprint density at radius 1 is 1.25 bits per heavy atom. The maximum Gasteiger partial charge on any atom is 0.0866 e. The Bertz CT molecular complexity index is 103. The summed E-state index contributed by atoms with van der Waals surface area (Å²) in [5, 5.41) is 9.03. The van der Waals surface area contributed by atoms with Crippen molar-refractivity contribution in [2.75, 3.05) is 0 Å². The average molecular weight is 114 g/mol. The molecule has 1 saturated heterocycles. The molecular weight excluding hydrogens is 104 g/mol. The van der Waals surface area contributed by atoms with Gasteiger partial charge in [-0.25, -0.2) is 0 Å². The average Bonchev–Trinajstić information content (AvgIpc) is 2.43. The molecule has 1 aliphatic carbocycles. The Morgan fingerprint density at radius 3 is 2.75 bits per heavy atom. The predicted molar refractivity (Wildman–Crippen MR) is 28.5 cm³/mol. The van der Waals surface area contributed by atoms with Gasteiger partial charge in [-0.3, -0.25) is 0 Å². The lowest BCUT2D eigenvalue weighted by atomic mass is 9.98. The minimum absolute atomic E-state index is 0.0706. The van der Waals surface area contributed by atoms with Crippen LogP contribution < -0.4 is 0 Å². The van der Waals surface area contributed by atoms with Crippen molar-refractivity contribution in [3.8, 4) is 0 Å². The quantitative estimate of drug-likeness (QED) is 0.459. The van der Waals surface area contributed by atoms with Gasteiger partial charge in [0.2, 0.25) is 0 Å². The molecule has 0 amide bonds. The van der Waals surface area contributed by atoms with E-state index in [4.69, 9.17) is 9.84 Å². The summed E-state index contributed by atoms with van der Waals surface area (Å²) in [4.78, 5) is 0. The van der Waals surface area contributed by atoms with Crippen LogP contribution in [0.1, 0.15) is 19.3 Å². The topological polar surface area (TPSA) is 32.8 Å². The molecule has 0 aromatic rings. The van der Waals surface area contributed by atoms with Crippen molar-refractivity contribution < 1.29 is 9.84 Å². The van der Waals surface area contributed by atoms with Crippen LogP contribution in [0.15, 0.2) is 0 Å². The molecule has 1 heterocycles. The highest BCUT2D eigenvalue weighted by Crippen LogP contribution is 2.36. The number of rotatable bonds is 0. The molecule has 0 spiro atoms. The van der Waals surface area contributed by atoms with Crippen molar-refractivity contribution >= 4 is 0 Å². The molecule has 46 valence electrons. The fourth-order valence-electron chi connectivity index (χ4n) is 1.38. The summed E-state index contributed by atoms with van der Waals surface area (Å²) in [7, 11) is 0. The first-order valence-electron chi connectivity index (χ1n) is 3.20. The van der Waals surface area contributed by atoms with Crippen LogP contribution in [-0.2, 0) is 4.74 Å². The molecule has 1 aliphatic heterocycles. The number of hydrogen-bond acceptors (Lipinski definition) is 2. The molecule has 0 bridgehead atoms. The van der Waals surface area contributed by atoms with Crippen LogP contribution in [0.4, 0.5) is 0 Å². The Balaban J connectivity index is 1.93. The number of aliphatic hydroxyl groups excluding tert-OH is 1. The van der Waals surface area contributed by atoms with E-state index in [9.17, 15) is 0 Å². The van der Waals surface area contributed by atoms with Crippen molar-refractivity contribution in [1.82, 2.24) is 0 Å². The second-order valence-corrected chi connectivity index (χ2v) is 2.68. The van der Waals surface area contributed by atoms with Crippen LogP contribution in [0.5, 0.6) is 0 Å². The third kappa shape index (κ3) is 0.644. The molecule has 2 heteroatoms.